The largest absolute Gasteiger partial charge is 0.481 e. The zero-order chi connectivity index (χ0) is 15.4. The van der Waals surface area contributed by atoms with E-state index in [0.29, 0.717) is 12.3 Å². The topological polar surface area (TPSA) is 70.8 Å². The Morgan fingerprint density at radius 3 is 2.86 bits per heavy atom. The first kappa shape index (κ1) is 15.6. The summed E-state index contributed by atoms with van der Waals surface area (Å²) >= 11 is 0. The van der Waals surface area contributed by atoms with Crippen LogP contribution in [0.25, 0.3) is 0 Å². The lowest BCUT2D eigenvalue weighted by Crippen LogP contribution is -2.41. The van der Waals surface area contributed by atoms with E-state index < -0.39 is 5.97 Å². The molecule has 1 saturated heterocycles. The summed E-state index contributed by atoms with van der Waals surface area (Å²) in [6.07, 6.45) is 2.83. The predicted molar refractivity (Wildman–Crippen MR) is 78.1 cm³/mol. The molecule has 0 aromatic carbocycles. The molecule has 0 spiro atoms. The lowest BCUT2D eigenvalue weighted by Gasteiger charge is -2.35. The standard InChI is InChI=1S/C16H23NO4/c1-3-13-6-7-14(21-13)16(20)17-8-4-5-12(10-17)11(2)9-15(18)19/h6-7,11-12H,3-5,8-10H2,1-2H3,(H,18,19). The SMILES string of the molecule is CCc1ccc(C(=O)N2CCCC(C(C)CC(=O)O)C2)o1. The van der Waals surface area contributed by atoms with Gasteiger partial charge in [-0.1, -0.05) is 13.8 Å². The molecule has 1 aliphatic heterocycles. The lowest BCUT2D eigenvalue weighted by atomic mass is 9.84. The zero-order valence-corrected chi connectivity index (χ0v) is 12.7. The number of piperidine rings is 1. The summed E-state index contributed by atoms with van der Waals surface area (Å²) in [5, 5.41) is 8.90. The zero-order valence-electron chi connectivity index (χ0n) is 12.7. The Bertz CT molecular complexity index is 508. The van der Waals surface area contributed by atoms with Gasteiger partial charge in [0.05, 0.1) is 0 Å². The van der Waals surface area contributed by atoms with Gasteiger partial charge in [-0.2, -0.15) is 0 Å². The number of nitrogens with zero attached hydrogens (tertiary/aromatic N) is 1. The number of aryl methyl sites for hydroxylation is 1. The van der Waals surface area contributed by atoms with Crippen LogP contribution in [-0.2, 0) is 11.2 Å². The highest BCUT2D eigenvalue weighted by molar-refractivity contribution is 5.91. The third-order valence-corrected chi connectivity index (χ3v) is 4.27. The van der Waals surface area contributed by atoms with Crippen molar-refractivity contribution in [1.82, 2.24) is 4.90 Å². The Labute approximate surface area is 124 Å². The fourth-order valence-electron chi connectivity index (χ4n) is 2.94. The quantitative estimate of drug-likeness (QED) is 0.906. The third-order valence-electron chi connectivity index (χ3n) is 4.27. The summed E-state index contributed by atoms with van der Waals surface area (Å²) in [5.74, 6) is 0.677. The molecule has 2 heterocycles. The van der Waals surface area contributed by atoms with Gasteiger partial charge in [-0.3, -0.25) is 9.59 Å². The monoisotopic (exact) mass is 293 g/mol. The molecule has 5 nitrogen and oxygen atoms in total. The Balaban J connectivity index is 1.99. The molecule has 116 valence electrons. The molecule has 2 atom stereocenters. The molecule has 0 aliphatic carbocycles. The van der Waals surface area contributed by atoms with Crippen molar-refractivity contribution in [3.05, 3.63) is 23.7 Å². The van der Waals surface area contributed by atoms with E-state index in [9.17, 15) is 9.59 Å². The Morgan fingerprint density at radius 2 is 2.24 bits per heavy atom. The number of aliphatic carboxylic acids is 1. The molecule has 0 radical (unpaired) electrons. The van der Waals surface area contributed by atoms with Crippen LogP contribution in [0, 0.1) is 11.8 Å². The number of carboxylic acid groups (broad SMARTS) is 1. The highest BCUT2D eigenvalue weighted by Gasteiger charge is 2.29. The summed E-state index contributed by atoms with van der Waals surface area (Å²) in [6, 6.07) is 3.56. The molecule has 2 rings (SSSR count). The summed E-state index contributed by atoms with van der Waals surface area (Å²) < 4.78 is 5.52. The first-order valence-electron chi connectivity index (χ1n) is 7.61. The van der Waals surface area contributed by atoms with E-state index in [1.54, 1.807) is 11.0 Å². The minimum atomic E-state index is -0.774. The Morgan fingerprint density at radius 1 is 1.48 bits per heavy atom. The highest BCUT2D eigenvalue weighted by atomic mass is 16.4. The van der Waals surface area contributed by atoms with Gasteiger partial charge in [-0.25, -0.2) is 0 Å². The van der Waals surface area contributed by atoms with Crippen molar-refractivity contribution >= 4 is 11.9 Å². The van der Waals surface area contributed by atoms with Crippen molar-refractivity contribution in [3.8, 4) is 0 Å². The maximum Gasteiger partial charge on any atom is 0.303 e. The molecule has 5 heteroatoms. The van der Waals surface area contributed by atoms with Gasteiger partial charge in [0, 0.05) is 25.9 Å². The number of carboxylic acids is 1. The number of hydrogen-bond donors (Lipinski definition) is 1. The van der Waals surface area contributed by atoms with Crippen LogP contribution < -0.4 is 0 Å². The van der Waals surface area contributed by atoms with Crippen LogP contribution >= 0.6 is 0 Å². The van der Waals surface area contributed by atoms with E-state index in [-0.39, 0.29) is 24.2 Å². The molecule has 1 aromatic heterocycles. The van der Waals surface area contributed by atoms with Gasteiger partial charge in [0.25, 0.3) is 5.91 Å². The van der Waals surface area contributed by atoms with Crippen LogP contribution in [0.4, 0.5) is 0 Å². The van der Waals surface area contributed by atoms with Gasteiger partial charge in [0.15, 0.2) is 5.76 Å². The number of hydrogen-bond acceptors (Lipinski definition) is 3. The van der Waals surface area contributed by atoms with E-state index in [1.165, 1.54) is 0 Å². The number of amides is 1. The van der Waals surface area contributed by atoms with Crippen LogP contribution in [0.15, 0.2) is 16.5 Å². The fraction of sp³-hybridized carbons (Fsp3) is 0.625. The van der Waals surface area contributed by atoms with E-state index in [0.717, 1.165) is 31.6 Å². The average molecular weight is 293 g/mol. The minimum Gasteiger partial charge on any atom is -0.481 e. The maximum atomic E-state index is 12.4. The highest BCUT2D eigenvalue weighted by Crippen LogP contribution is 2.27. The number of furan rings is 1. The van der Waals surface area contributed by atoms with Crippen LogP contribution in [0.2, 0.25) is 0 Å². The van der Waals surface area contributed by atoms with Crippen molar-refractivity contribution in [1.29, 1.82) is 0 Å². The van der Waals surface area contributed by atoms with E-state index in [1.807, 2.05) is 19.9 Å². The van der Waals surface area contributed by atoms with E-state index in [4.69, 9.17) is 9.52 Å². The van der Waals surface area contributed by atoms with Crippen molar-refractivity contribution < 1.29 is 19.1 Å². The Kier molecular flexibility index (Phi) is 5.04. The fourth-order valence-corrected chi connectivity index (χ4v) is 2.94. The molecular weight excluding hydrogens is 270 g/mol. The summed E-state index contributed by atoms with van der Waals surface area (Å²) in [4.78, 5) is 25.1. The predicted octanol–water partition coefficient (Wildman–Crippen LogP) is 2.81. The molecule has 1 N–H and O–H groups in total. The first-order chi connectivity index (χ1) is 10.0. The van der Waals surface area contributed by atoms with Crippen LogP contribution in [-0.4, -0.2) is 35.0 Å². The normalized spacial score (nSPS) is 20.3. The average Bonchev–Trinajstić information content (AvgIpc) is 2.95. The van der Waals surface area contributed by atoms with Gasteiger partial charge in [-0.15, -0.1) is 0 Å². The van der Waals surface area contributed by atoms with Crippen molar-refractivity contribution in [3.63, 3.8) is 0 Å². The number of likely N-dealkylation sites (tertiary alicyclic amines) is 1. The van der Waals surface area contributed by atoms with Gasteiger partial charge in [0.1, 0.15) is 5.76 Å². The number of carbonyl (C=O) groups excluding carboxylic acids is 1. The molecule has 21 heavy (non-hydrogen) atoms. The molecule has 1 amide bonds. The number of rotatable bonds is 5. The van der Waals surface area contributed by atoms with E-state index >= 15 is 0 Å². The molecule has 1 aliphatic rings. The second kappa shape index (κ2) is 6.78. The van der Waals surface area contributed by atoms with Gasteiger partial charge in [-0.05, 0) is 36.8 Å². The van der Waals surface area contributed by atoms with Crippen LogP contribution in [0.3, 0.4) is 0 Å². The van der Waals surface area contributed by atoms with Crippen LogP contribution in [0.5, 0.6) is 0 Å². The molecule has 0 saturated carbocycles. The third kappa shape index (κ3) is 3.86. The molecule has 0 bridgehead atoms. The summed E-state index contributed by atoms with van der Waals surface area (Å²) in [5.41, 5.74) is 0. The number of carbonyl (C=O) groups is 2. The van der Waals surface area contributed by atoms with Crippen molar-refractivity contribution in [2.75, 3.05) is 13.1 Å². The van der Waals surface area contributed by atoms with Gasteiger partial charge >= 0.3 is 5.97 Å². The maximum absolute atomic E-state index is 12.4. The molecule has 1 fully saturated rings. The summed E-state index contributed by atoms with van der Waals surface area (Å²) in [7, 11) is 0. The first-order valence-corrected chi connectivity index (χ1v) is 7.61. The summed E-state index contributed by atoms with van der Waals surface area (Å²) in [6.45, 7) is 5.28. The van der Waals surface area contributed by atoms with Crippen molar-refractivity contribution in [2.24, 2.45) is 11.8 Å². The second-order valence-electron chi connectivity index (χ2n) is 5.85. The van der Waals surface area contributed by atoms with Gasteiger partial charge < -0.3 is 14.4 Å². The smallest absolute Gasteiger partial charge is 0.303 e. The van der Waals surface area contributed by atoms with E-state index in [2.05, 4.69) is 0 Å². The second-order valence-corrected chi connectivity index (χ2v) is 5.85. The van der Waals surface area contributed by atoms with Crippen LogP contribution in [0.1, 0.15) is 49.4 Å². The molecular formula is C16H23NO4. The molecule has 2 unspecified atom stereocenters. The van der Waals surface area contributed by atoms with Gasteiger partial charge in [0.2, 0.25) is 0 Å². The van der Waals surface area contributed by atoms with Crippen molar-refractivity contribution in [2.45, 2.75) is 39.5 Å². The lowest BCUT2D eigenvalue weighted by molar-refractivity contribution is -0.138. The Hall–Kier alpha value is -1.78. The molecule has 1 aromatic rings. The minimum absolute atomic E-state index is 0.0816.